The lowest BCUT2D eigenvalue weighted by Crippen LogP contribution is -2.54. The zero-order valence-electron chi connectivity index (χ0n) is 9.30. The average molecular weight is 247 g/mol. The number of nitrogens with zero attached hydrogens (tertiary/aromatic N) is 1. The third-order valence-corrected chi connectivity index (χ3v) is 5.49. The van der Waals surface area contributed by atoms with Gasteiger partial charge in [-0.15, -0.1) is 0 Å². The van der Waals surface area contributed by atoms with E-state index in [1.54, 1.807) is 6.92 Å². The van der Waals surface area contributed by atoms with Crippen molar-refractivity contribution in [3.05, 3.63) is 0 Å². The summed E-state index contributed by atoms with van der Waals surface area (Å²) in [6.45, 7) is 2.39. The zero-order chi connectivity index (χ0) is 11.9. The van der Waals surface area contributed by atoms with Gasteiger partial charge in [0.25, 0.3) is 0 Å². The predicted molar refractivity (Wildman–Crippen MR) is 58.4 cm³/mol. The Hall–Kier alpha value is -0.620. The van der Waals surface area contributed by atoms with Gasteiger partial charge in [-0.25, -0.2) is 12.7 Å². The first kappa shape index (κ1) is 11.9. The molecule has 0 radical (unpaired) electrons. The van der Waals surface area contributed by atoms with Gasteiger partial charge >= 0.3 is 5.97 Å². The fraction of sp³-hybridized carbons (Fsp3) is 0.900. The van der Waals surface area contributed by atoms with Gasteiger partial charge in [0.15, 0.2) is 0 Å². The molecule has 0 amide bonds. The van der Waals surface area contributed by atoms with Crippen molar-refractivity contribution in [1.29, 1.82) is 0 Å². The largest absolute Gasteiger partial charge is 0.481 e. The number of carboxylic acid groups (broad SMARTS) is 1. The Morgan fingerprint density at radius 1 is 1.44 bits per heavy atom. The Morgan fingerprint density at radius 2 is 2.00 bits per heavy atom. The molecule has 1 unspecified atom stereocenters. The average Bonchev–Trinajstić information content (AvgIpc) is 2.83. The van der Waals surface area contributed by atoms with E-state index in [2.05, 4.69) is 0 Å². The first-order chi connectivity index (χ1) is 7.40. The highest BCUT2D eigenvalue weighted by Crippen LogP contribution is 2.34. The summed E-state index contributed by atoms with van der Waals surface area (Å²) in [5.74, 6) is -0.717. The van der Waals surface area contributed by atoms with Crippen LogP contribution in [0.4, 0.5) is 0 Å². The van der Waals surface area contributed by atoms with Crippen LogP contribution in [0.5, 0.6) is 0 Å². The van der Waals surface area contributed by atoms with Crippen LogP contribution in [0.2, 0.25) is 0 Å². The van der Waals surface area contributed by atoms with Gasteiger partial charge in [0.05, 0.1) is 11.7 Å². The second kappa shape index (κ2) is 4.00. The molecule has 2 rings (SSSR count). The van der Waals surface area contributed by atoms with Gasteiger partial charge in [0, 0.05) is 13.1 Å². The van der Waals surface area contributed by atoms with Crippen molar-refractivity contribution in [3.63, 3.8) is 0 Å². The van der Waals surface area contributed by atoms with Crippen molar-refractivity contribution in [1.82, 2.24) is 4.31 Å². The lowest BCUT2D eigenvalue weighted by molar-refractivity contribution is -0.144. The maximum atomic E-state index is 11.8. The number of carbonyl (C=O) groups is 1. The number of sulfonamides is 1. The number of carboxylic acids is 1. The van der Waals surface area contributed by atoms with E-state index in [1.165, 1.54) is 4.31 Å². The molecule has 1 saturated heterocycles. The molecule has 6 heteroatoms. The Balaban J connectivity index is 1.85. The zero-order valence-corrected chi connectivity index (χ0v) is 10.1. The molecule has 1 saturated carbocycles. The lowest BCUT2D eigenvalue weighted by Gasteiger charge is -2.40. The summed E-state index contributed by atoms with van der Waals surface area (Å²) >= 11 is 0. The Kier molecular flexibility index (Phi) is 2.96. The van der Waals surface area contributed by atoms with E-state index < -0.39 is 21.9 Å². The van der Waals surface area contributed by atoms with E-state index in [4.69, 9.17) is 5.11 Å². The van der Waals surface area contributed by atoms with Crippen LogP contribution in [0.1, 0.15) is 19.8 Å². The van der Waals surface area contributed by atoms with Gasteiger partial charge in [0.1, 0.15) is 0 Å². The van der Waals surface area contributed by atoms with Gasteiger partial charge in [-0.1, -0.05) is 6.92 Å². The second-order valence-electron chi connectivity index (χ2n) is 4.93. The van der Waals surface area contributed by atoms with Crippen LogP contribution in [-0.4, -0.2) is 42.6 Å². The Bertz CT molecular complexity index is 382. The van der Waals surface area contributed by atoms with Gasteiger partial charge in [-0.3, -0.25) is 4.79 Å². The Morgan fingerprint density at radius 3 is 2.44 bits per heavy atom. The van der Waals surface area contributed by atoms with Crippen LogP contribution in [-0.2, 0) is 14.8 Å². The van der Waals surface area contributed by atoms with Crippen LogP contribution >= 0.6 is 0 Å². The van der Waals surface area contributed by atoms with Gasteiger partial charge in [-0.05, 0) is 24.7 Å². The number of hydrogen-bond donors (Lipinski definition) is 1. The first-order valence-corrected chi connectivity index (χ1v) is 7.21. The minimum Gasteiger partial charge on any atom is -0.481 e. The van der Waals surface area contributed by atoms with Crippen molar-refractivity contribution in [2.75, 3.05) is 18.8 Å². The molecule has 1 aliphatic carbocycles. The molecule has 1 heterocycles. The van der Waals surface area contributed by atoms with Crippen molar-refractivity contribution < 1.29 is 18.3 Å². The van der Waals surface area contributed by atoms with Crippen molar-refractivity contribution in [2.24, 2.45) is 17.8 Å². The SMILES string of the molecule is CC(C(=O)O)C1CN(S(=O)(=O)CC2CC2)C1. The standard InChI is InChI=1S/C10H17NO4S/c1-7(10(12)13)9-4-11(5-9)16(14,15)6-8-2-3-8/h7-9H,2-6H2,1H3,(H,12,13). The molecule has 0 bridgehead atoms. The topological polar surface area (TPSA) is 74.7 Å². The smallest absolute Gasteiger partial charge is 0.306 e. The second-order valence-corrected chi connectivity index (χ2v) is 6.94. The molecule has 1 N–H and O–H groups in total. The first-order valence-electron chi connectivity index (χ1n) is 5.61. The molecule has 0 aromatic heterocycles. The minimum absolute atomic E-state index is 0.0218. The lowest BCUT2D eigenvalue weighted by atomic mass is 9.89. The highest BCUT2D eigenvalue weighted by Gasteiger charge is 2.42. The van der Waals surface area contributed by atoms with Crippen molar-refractivity contribution >= 4 is 16.0 Å². The normalized spacial score (nSPS) is 25.1. The monoisotopic (exact) mass is 247 g/mol. The molecular formula is C10H17NO4S. The molecule has 1 atom stereocenters. The van der Waals surface area contributed by atoms with Crippen LogP contribution in [0.25, 0.3) is 0 Å². The summed E-state index contributed by atoms with van der Waals surface area (Å²) in [6.07, 6.45) is 2.03. The third-order valence-electron chi connectivity index (χ3n) is 3.51. The highest BCUT2D eigenvalue weighted by atomic mass is 32.2. The highest BCUT2D eigenvalue weighted by molar-refractivity contribution is 7.89. The molecule has 2 aliphatic rings. The molecule has 2 fully saturated rings. The summed E-state index contributed by atoms with van der Waals surface area (Å²) in [5.41, 5.74) is 0. The summed E-state index contributed by atoms with van der Waals surface area (Å²) in [4.78, 5) is 10.7. The van der Waals surface area contributed by atoms with E-state index in [0.29, 0.717) is 19.0 Å². The molecule has 0 spiro atoms. The number of rotatable bonds is 5. The molecule has 0 aromatic carbocycles. The van der Waals surface area contributed by atoms with E-state index in [-0.39, 0.29) is 11.7 Å². The maximum Gasteiger partial charge on any atom is 0.306 e. The fourth-order valence-electron chi connectivity index (χ4n) is 1.90. The van der Waals surface area contributed by atoms with Crippen LogP contribution < -0.4 is 0 Å². The van der Waals surface area contributed by atoms with Crippen LogP contribution in [0.15, 0.2) is 0 Å². The van der Waals surface area contributed by atoms with E-state index in [1.807, 2.05) is 0 Å². The van der Waals surface area contributed by atoms with Gasteiger partial charge < -0.3 is 5.11 Å². The maximum absolute atomic E-state index is 11.8. The number of hydrogen-bond acceptors (Lipinski definition) is 3. The van der Waals surface area contributed by atoms with E-state index >= 15 is 0 Å². The van der Waals surface area contributed by atoms with Crippen molar-refractivity contribution in [2.45, 2.75) is 19.8 Å². The van der Waals surface area contributed by atoms with Gasteiger partial charge in [-0.2, -0.15) is 0 Å². The molecule has 92 valence electrons. The van der Waals surface area contributed by atoms with Crippen LogP contribution in [0, 0.1) is 17.8 Å². The van der Waals surface area contributed by atoms with E-state index in [9.17, 15) is 13.2 Å². The van der Waals surface area contributed by atoms with Crippen molar-refractivity contribution in [3.8, 4) is 0 Å². The molecule has 0 aromatic rings. The molecule has 16 heavy (non-hydrogen) atoms. The van der Waals surface area contributed by atoms with E-state index in [0.717, 1.165) is 12.8 Å². The summed E-state index contributed by atoms with van der Waals surface area (Å²) < 4.78 is 25.0. The summed E-state index contributed by atoms with van der Waals surface area (Å²) in [5, 5.41) is 8.79. The fourth-order valence-corrected chi connectivity index (χ4v) is 3.88. The van der Waals surface area contributed by atoms with Gasteiger partial charge in [0.2, 0.25) is 10.0 Å². The molecule has 1 aliphatic heterocycles. The minimum atomic E-state index is -3.11. The molecular weight excluding hydrogens is 230 g/mol. The predicted octanol–water partition coefficient (Wildman–Crippen LogP) is 0.379. The van der Waals surface area contributed by atoms with Crippen LogP contribution in [0.3, 0.4) is 0 Å². The summed E-state index contributed by atoms with van der Waals surface area (Å²) in [7, 11) is -3.11. The third kappa shape index (κ3) is 2.38. The quantitative estimate of drug-likeness (QED) is 0.762. The summed E-state index contributed by atoms with van der Waals surface area (Å²) in [6, 6.07) is 0. The molecule has 5 nitrogen and oxygen atoms in total. The number of aliphatic carboxylic acids is 1. The Labute approximate surface area is 95.5 Å².